The van der Waals surface area contributed by atoms with Gasteiger partial charge in [-0.25, -0.2) is 12.8 Å². The van der Waals surface area contributed by atoms with Gasteiger partial charge in [0.2, 0.25) is 5.91 Å². The second-order valence-electron chi connectivity index (χ2n) is 7.81. The summed E-state index contributed by atoms with van der Waals surface area (Å²) in [5, 5.41) is 2.92. The first-order valence-electron chi connectivity index (χ1n) is 10.7. The predicted molar refractivity (Wildman–Crippen MR) is 134 cm³/mol. The van der Waals surface area contributed by atoms with E-state index in [2.05, 4.69) is 14.9 Å². The summed E-state index contributed by atoms with van der Waals surface area (Å²) < 4.78 is 42.1. The van der Waals surface area contributed by atoms with Crippen LogP contribution in [0, 0.1) is 5.82 Å². The smallest absolute Gasteiger partial charge is 0.261 e. The van der Waals surface area contributed by atoms with Crippen LogP contribution in [0.15, 0.2) is 77.7 Å². The lowest BCUT2D eigenvalue weighted by Crippen LogP contribution is -2.21. The van der Waals surface area contributed by atoms with E-state index in [1.54, 1.807) is 48.5 Å². The summed E-state index contributed by atoms with van der Waals surface area (Å²) in [4.78, 5) is 14.6. The fourth-order valence-corrected chi connectivity index (χ4v) is 5.02. The number of anilines is 3. The Hall–Kier alpha value is -3.36. The fraction of sp³-hybridized carbons (Fsp3) is 0.160. The number of carbonyl (C=O) groups excluding carboxylic acids is 1. The Labute approximate surface area is 203 Å². The van der Waals surface area contributed by atoms with Crippen LogP contribution in [0.25, 0.3) is 6.08 Å². The molecule has 176 valence electrons. The molecule has 1 fully saturated rings. The standard InChI is InChI=1S/C25H23ClFN3O3S/c26-20-6-1-2-8-22(20)29-34(32,33)19-13-10-18(11-14-19)12-15-24(31)28-25-21(27)7-5-9-23(25)30-16-3-4-17-30/h1-2,5-15,29H,3-4,16-17H2,(H,28,31)/b15-12+. The maximum absolute atomic E-state index is 14.4. The van der Waals surface area contributed by atoms with Crippen molar-refractivity contribution < 1.29 is 17.6 Å². The number of sulfonamides is 1. The van der Waals surface area contributed by atoms with Gasteiger partial charge in [0, 0.05) is 19.2 Å². The highest BCUT2D eigenvalue weighted by Gasteiger charge is 2.19. The summed E-state index contributed by atoms with van der Waals surface area (Å²) in [6.07, 6.45) is 4.88. The predicted octanol–water partition coefficient (Wildman–Crippen LogP) is 5.53. The largest absolute Gasteiger partial charge is 0.370 e. The molecular weight excluding hydrogens is 477 g/mol. The summed E-state index contributed by atoms with van der Waals surface area (Å²) in [5.74, 6) is -0.977. The van der Waals surface area contributed by atoms with Crippen LogP contribution in [-0.2, 0) is 14.8 Å². The molecule has 4 rings (SSSR count). The summed E-state index contributed by atoms with van der Waals surface area (Å²) in [6.45, 7) is 1.64. The molecule has 2 N–H and O–H groups in total. The van der Waals surface area contributed by atoms with Crippen LogP contribution >= 0.6 is 11.6 Å². The van der Waals surface area contributed by atoms with Gasteiger partial charge in [-0.05, 0) is 60.9 Å². The van der Waals surface area contributed by atoms with Gasteiger partial charge in [0.25, 0.3) is 10.0 Å². The van der Waals surface area contributed by atoms with Crippen LogP contribution in [0.5, 0.6) is 0 Å². The van der Waals surface area contributed by atoms with Crippen molar-refractivity contribution >= 4 is 50.7 Å². The van der Waals surface area contributed by atoms with Crippen molar-refractivity contribution in [2.24, 2.45) is 0 Å². The summed E-state index contributed by atoms with van der Waals surface area (Å²) in [6, 6.07) is 17.3. The number of hydrogen-bond acceptors (Lipinski definition) is 4. The molecule has 0 aromatic heterocycles. The van der Waals surface area contributed by atoms with Crippen molar-refractivity contribution in [1.82, 2.24) is 0 Å². The minimum atomic E-state index is -3.83. The molecule has 1 heterocycles. The Kier molecular flexibility index (Phi) is 7.19. The van der Waals surface area contributed by atoms with Crippen LogP contribution < -0.4 is 14.9 Å². The van der Waals surface area contributed by atoms with E-state index in [-0.39, 0.29) is 16.3 Å². The Balaban J connectivity index is 1.44. The SMILES string of the molecule is O=C(/C=C/c1ccc(S(=O)(=O)Nc2ccccc2Cl)cc1)Nc1c(F)cccc1N1CCCC1. The van der Waals surface area contributed by atoms with Crippen LogP contribution in [0.1, 0.15) is 18.4 Å². The number of para-hydroxylation sites is 2. The van der Waals surface area contributed by atoms with Gasteiger partial charge < -0.3 is 10.2 Å². The summed E-state index contributed by atoms with van der Waals surface area (Å²) in [7, 11) is -3.83. The lowest BCUT2D eigenvalue weighted by molar-refractivity contribution is -0.111. The molecular formula is C25H23ClFN3O3S. The Morgan fingerprint density at radius 2 is 1.68 bits per heavy atom. The molecule has 0 bridgehead atoms. The van der Waals surface area contributed by atoms with E-state index in [4.69, 9.17) is 11.6 Å². The molecule has 1 saturated heterocycles. The topological polar surface area (TPSA) is 78.5 Å². The third-order valence-corrected chi connectivity index (χ3v) is 7.13. The second-order valence-corrected chi connectivity index (χ2v) is 9.89. The van der Waals surface area contributed by atoms with Crippen molar-refractivity contribution in [3.63, 3.8) is 0 Å². The molecule has 3 aromatic rings. The number of nitrogens with one attached hydrogen (secondary N) is 2. The highest BCUT2D eigenvalue weighted by Crippen LogP contribution is 2.31. The van der Waals surface area contributed by atoms with Gasteiger partial charge in [-0.2, -0.15) is 0 Å². The average molecular weight is 500 g/mol. The van der Waals surface area contributed by atoms with Gasteiger partial charge in [0.05, 0.1) is 21.3 Å². The van der Waals surface area contributed by atoms with Gasteiger partial charge in [0.1, 0.15) is 11.5 Å². The minimum absolute atomic E-state index is 0.0515. The van der Waals surface area contributed by atoms with Crippen molar-refractivity contribution in [1.29, 1.82) is 0 Å². The average Bonchev–Trinajstić information content (AvgIpc) is 3.35. The van der Waals surface area contributed by atoms with E-state index in [0.29, 0.717) is 16.3 Å². The second kappa shape index (κ2) is 10.3. The number of amides is 1. The van der Waals surface area contributed by atoms with E-state index in [1.807, 2.05) is 0 Å². The third kappa shape index (κ3) is 5.58. The van der Waals surface area contributed by atoms with Gasteiger partial charge in [-0.1, -0.05) is 41.9 Å². The van der Waals surface area contributed by atoms with Crippen molar-refractivity contribution in [3.8, 4) is 0 Å². The number of hydrogen-bond donors (Lipinski definition) is 2. The van der Waals surface area contributed by atoms with Crippen molar-refractivity contribution in [3.05, 3.63) is 89.2 Å². The molecule has 3 aromatic carbocycles. The van der Waals surface area contributed by atoms with Crippen LogP contribution in [0.3, 0.4) is 0 Å². The maximum atomic E-state index is 14.4. The number of benzene rings is 3. The monoisotopic (exact) mass is 499 g/mol. The lowest BCUT2D eigenvalue weighted by atomic mass is 10.2. The molecule has 0 radical (unpaired) electrons. The number of halogens is 2. The molecule has 0 atom stereocenters. The molecule has 6 nitrogen and oxygen atoms in total. The number of nitrogens with zero attached hydrogens (tertiary/aromatic N) is 1. The summed E-state index contributed by atoms with van der Waals surface area (Å²) in [5.41, 5.74) is 1.72. The van der Waals surface area contributed by atoms with Crippen molar-refractivity contribution in [2.45, 2.75) is 17.7 Å². The van der Waals surface area contributed by atoms with Gasteiger partial charge in [-0.15, -0.1) is 0 Å². The van der Waals surface area contributed by atoms with E-state index >= 15 is 0 Å². The Morgan fingerprint density at radius 1 is 0.971 bits per heavy atom. The molecule has 34 heavy (non-hydrogen) atoms. The maximum Gasteiger partial charge on any atom is 0.261 e. The van der Waals surface area contributed by atoms with E-state index in [1.165, 1.54) is 30.4 Å². The number of carbonyl (C=O) groups is 1. The fourth-order valence-electron chi connectivity index (χ4n) is 3.70. The van der Waals surface area contributed by atoms with Gasteiger partial charge >= 0.3 is 0 Å². The van der Waals surface area contributed by atoms with Crippen LogP contribution in [0.4, 0.5) is 21.5 Å². The molecule has 0 spiro atoms. The first-order chi connectivity index (χ1) is 16.3. The normalized spacial score (nSPS) is 13.9. The minimum Gasteiger partial charge on any atom is -0.370 e. The summed E-state index contributed by atoms with van der Waals surface area (Å²) >= 11 is 6.03. The highest BCUT2D eigenvalue weighted by molar-refractivity contribution is 7.92. The third-order valence-electron chi connectivity index (χ3n) is 5.42. The van der Waals surface area contributed by atoms with Crippen LogP contribution in [0.2, 0.25) is 5.02 Å². The zero-order valence-corrected chi connectivity index (χ0v) is 19.7. The number of rotatable bonds is 7. The lowest BCUT2D eigenvalue weighted by Gasteiger charge is -2.21. The Morgan fingerprint density at radius 3 is 2.38 bits per heavy atom. The first kappa shape index (κ1) is 23.8. The molecule has 0 unspecified atom stereocenters. The van der Waals surface area contributed by atoms with E-state index < -0.39 is 21.7 Å². The molecule has 9 heteroatoms. The molecule has 0 aliphatic carbocycles. The van der Waals surface area contributed by atoms with Crippen LogP contribution in [-0.4, -0.2) is 27.4 Å². The van der Waals surface area contributed by atoms with E-state index in [9.17, 15) is 17.6 Å². The van der Waals surface area contributed by atoms with Crippen molar-refractivity contribution in [2.75, 3.05) is 28.0 Å². The first-order valence-corrected chi connectivity index (χ1v) is 12.6. The highest BCUT2D eigenvalue weighted by atomic mass is 35.5. The zero-order chi connectivity index (χ0) is 24.1. The molecule has 1 aliphatic rings. The molecule has 0 saturated carbocycles. The van der Waals surface area contributed by atoms with E-state index in [0.717, 1.165) is 25.9 Å². The van der Waals surface area contributed by atoms with Gasteiger partial charge in [0.15, 0.2) is 0 Å². The molecule has 1 aliphatic heterocycles. The zero-order valence-electron chi connectivity index (χ0n) is 18.2. The quantitative estimate of drug-likeness (QED) is 0.419. The molecule has 1 amide bonds. The van der Waals surface area contributed by atoms with Gasteiger partial charge in [-0.3, -0.25) is 9.52 Å². The Bertz CT molecular complexity index is 1320.